The van der Waals surface area contributed by atoms with Crippen molar-refractivity contribution in [3.8, 4) is 5.75 Å². The van der Waals surface area contributed by atoms with E-state index in [1.807, 2.05) is 0 Å². The summed E-state index contributed by atoms with van der Waals surface area (Å²) >= 11 is 0. The summed E-state index contributed by atoms with van der Waals surface area (Å²) in [7, 11) is 0. The number of hydrogen-bond acceptors (Lipinski definition) is 3. The fourth-order valence-electron chi connectivity index (χ4n) is 1.15. The molecule has 0 bridgehead atoms. The molecule has 0 amide bonds. The largest absolute Gasteiger partial charge is 0.514 e. The Kier molecular flexibility index (Phi) is 4.07. The average molecular weight is 280 g/mol. The van der Waals surface area contributed by atoms with Gasteiger partial charge in [-0.2, -0.15) is 13.2 Å². The van der Waals surface area contributed by atoms with E-state index >= 15 is 0 Å². The molecular formula is C12H12F4O3. The number of alkyl halides is 3. The number of hydrogen-bond donors (Lipinski definition) is 0. The van der Waals surface area contributed by atoms with Gasteiger partial charge in [0.05, 0.1) is 5.56 Å². The van der Waals surface area contributed by atoms with Crippen molar-refractivity contribution in [1.82, 2.24) is 0 Å². The molecular weight excluding hydrogens is 268 g/mol. The van der Waals surface area contributed by atoms with Crippen LogP contribution in [-0.4, -0.2) is 11.8 Å². The van der Waals surface area contributed by atoms with Gasteiger partial charge in [0, 0.05) is 0 Å². The standard InChI is InChI=1S/C12H12F4O3/c1-11(2,3)19-10(17)18-7-4-5-9(13)8(6-7)12(14,15)16/h4-6H,1-3H3. The molecule has 0 unspecified atom stereocenters. The summed E-state index contributed by atoms with van der Waals surface area (Å²) in [6, 6.07) is 1.89. The topological polar surface area (TPSA) is 35.5 Å². The summed E-state index contributed by atoms with van der Waals surface area (Å²) < 4.78 is 59.6. The van der Waals surface area contributed by atoms with Crippen molar-refractivity contribution >= 4 is 6.16 Å². The molecule has 7 heteroatoms. The zero-order valence-electron chi connectivity index (χ0n) is 10.5. The van der Waals surface area contributed by atoms with E-state index in [-0.39, 0.29) is 0 Å². The first-order valence-corrected chi connectivity index (χ1v) is 5.26. The van der Waals surface area contributed by atoms with Gasteiger partial charge in [0.2, 0.25) is 0 Å². The van der Waals surface area contributed by atoms with Crippen molar-refractivity contribution in [3.05, 3.63) is 29.6 Å². The van der Waals surface area contributed by atoms with Gasteiger partial charge in [-0.1, -0.05) is 0 Å². The van der Waals surface area contributed by atoms with Crippen molar-refractivity contribution in [1.29, 1.82) is 0 Å². The SMILES string of the molecule is CC(C)(C)OC(=O)Oc1ccc(F)c(C(F)(F)F)c1. The second kappa shape index (κ2) is 5.07. The van der Waals surface area contributed by atoms with Crippen molar-refractivity contribution in [2.45, 2.75) is 32.5 Å². The molecule has 0 radical (unpaired) electrons. The number of halogens is 4. The first-order valence-electron chi connectivity index (χ1n) is 5.26. The Labute approximate surface area is 107 Å². The van der Waals surface area contributed by atoms with Crippen LogP contribution in [-0.2, 0) is 10.9 Å². The lowest BCUT2D eigenvalue weighted by Crippen LogP contribution is -2.26. The monoisotopic (exact) mass is 280 g/mol. The highest BCUT2D eigenvalue weighted by molar-refractivity contribution is 5.64. The van der Waals surface area contributed by atoms with E-state index in [1.165, 1.54) is 0 Å². The van der Waals surface area contributed by atoms with Gasteiger partial charge in [-0.25, -0.2) is 9.18 Å². The molecule has 1 rings (SSSR count). The minimum absolute atomic E-state index is 0.402. The van der Waals surface area contributed by atoms with Crippen LogP contribution in [0, 0.1) is 5.82 Å². The Morgan fingerprint density at radius 1 is 1.16 bits per heavy atom. The van der Waals surface area contributed by atoms with Crippen molar-refractivity contribution in [2.24, 2.45) is 0 Å². The van der Waals surface area contributed by atoms with Gasteiger partial charge in [0.15, 0.2) is 0 Å². The normalized spacial score (nSPS) is 12.2. The van der Waals surface area contributed by atoms with Gasteiger partial charge in [0.1, 0.15) is 17.2 Å². The third kappa shape index (κ3) is 4.76. The van der Waals surface area contributed by atoms with Crippen LogP contribution < -0.4 is 4.74 Å². The smallest absolute Gasteiger partial charge is 0.428 e. The summed E-state index contributed by atoms with van der Waals surface area (Å²) in [6.07, 6.45) is -6.02. The van der Waals surface area contributed by atoms with Crippen LogP contribution in [0.5, 0.6) is 5.75 Å². The summed E-state index contributed by atoms with van der Waals surface area (Å²) in [6.45, 7) is 4.71. The maximum atomic E-state index is 13.0. The van der Waals surface area contributed by atoms with Gasteiger partial charge >= 0.3 is 12.3 Å². The van der Waals surface area contributed by atoms with E-state index in [0.29, 0.717) is 12.1 Å². The Morgan fingerprint density at radius 3 is 2.21 bits per heavy atom. The second-order valence-corrected chi connectivity index (χ2v) is 4.71. The second-order valence-electron chi connectivity index (χ2n) is 4.71. The lowest BCUT2D eigenvalue weighted by molar-refractivity contribution is -0.140. The Balaban J connectivity index is 2.89. The summed E-state index contributed by atoms with van der Waals surface area (Å²) in [5.41, 5.74) is -2.35. The fraction of sp³-hybridized carbons (Fsp3) is 0.417. The number of rotatable bonds is 1. The van der Waals surface area contributed by atoms with Crippen LogP contribution in [0.1, 0.15) is 26.3 Å². The predicted molar refractivity (Wildman–Crippen MR) is 58.3 cm³/mol. The number of benzene rings is 1. The molecule has 19 heavy (non-hydrogen) atoms. The molecule has 0 aromatic heterocycles. The highest BCUT2D eigenvalue weighted by atomic mass is 19.4. The summed E-state index contributed by atoms with van der Waals surface area (Å²) in [5, 5.41) is 0. The average Bonchev–Trinajstić information content (AvgIpc) is 2.16. The lowest BCUT2D eigenvalue weighted by atomic mass is 10.2. The van der Waals surface area contributed by atoms with E-state index in [2.05, 4.69) is 4.74 Å². The third-order valence-electron chi connectivity index (χ3n) is 1.83. The van der Waals surface area contributed by atoms with E-state index in [4.69, 9.17) is 4.74 Å². The molecule has 0 heterocycles. The van der Waals surface area contributed by atoms with Gasteiger partial charge in [-0.05, 0) is 39.0 Å². The molecule has 106 valence electrons. The quantitative estimate of drug-likeness (QED) is 0.440. The van der Waals surface area contributed by atoms with Crippen LogP contribution in [0.2, 0.25) is 0 Å². The van der Waals surface area contributed by atoms with Crippen molar-refractivity contribution in [3.63, 3.8) is 0 Å². The molecule has 0 spiro atoms. The minimum atomic E-state index is -4.86. The molecule has 0 N–H and O–H groups in total. The molecule has 3 nitrogen and oxygen atoms in total. The molecule has 1 aromatic rings. The van der Waals surface area contributed by atoms with Crippen LogP contribution in [0.25, 0.3) is 0 Å². The van der Waals surface area contributed by atoms with Crippen LogP contribution in [0.3, 0.4) is 0 Å². The van der Waals surface area contributed by atoms with Crippen LogP contribution in [0.4, 0.5) is 22.4 Å². The van der Waals surface area contributed by atoms with Crippen LogP contribution in [0.15, 0.2) is 18.2 Å². The van der Waals surface area contributed by atoms with Crippen LogP contribution >= 0.6 is 0 Å². The molecule has 0 saturated carbocycles. The third-order valence-corrected chi connectivity index (χ3v) is 1.83. The molecule has 1 aromatic carbocycles. The molecule has 0 aliphatic carbocycles. The zero-order valence-corrected chi connectivity index (χ0v) is 10.5. The van der Waals surface area contributed by atoms with Gasteiger partial charge in [-0.3, -0.25) is 0 Å². The maximum Gasteiger partial charge on any atom is 0.514 e. The summed E-state index contributed by atoms with van der Waals surface area (Å²) in [4.78, 5) is 11.3. The molecule has 0 aliphatic heterocycles. The zero-order chi connectivity index (χ0) is 14.8. The minimum Gasteiger partial charge on any atom is -0.428 e. The van der Waals surface area contributed by atoms with E-state index in [0.717, 1.165) is 6.07 Å². The molecule has 0 atom stereocenters. The number of carbonyl (C=O) groups excluding carboxylic acids is 1. The highest BCUT2D eigenvalue weighted by Crippen LogP contribution is 2.33. The molecule has 0 aliphatic rings. The maximum absolute atomic E-state index is 13.0. The number of ether oxygens (including phenoxy) is 2. The van der Waals surface area contributed by atoms with Crippen molar-refractivity contribution in [2.75, 3.05) is 0 Å². The predicted octanol–water partition coefficient (Wildman–Crippen LogP) is 4.16. The fourth-order valence-corrected chi connectivity index (χ4v) is 1.15. The highest BCUT2D eigenvalue weighted by Gasteiger charge is 2.34. The molecule has 0 fully saturated rings. The van der Waals surface area contributed by atoms with Gasteiger partial charge < -0.3 is 9.47 Å². The molecule has 0 saturated heterocycles. The van der Waals surface area contributed by atoms with E-state index in [1.54, 1.807) is 20.8 Å². The van der Waals surface area contributed by atoms with E-state index in [9.17, 15) is 22.4 Å². The Hall–Kier alpha value is -1.79. The lowest BCUT2D eigenvalue weighted by Gasteiger charge is -2.19. The van der Waals surface area contributed by atoms with Gasteiger partial charge in [0.25, 0.3) is 0 Å². The first-order chi connectivity index (χ1) is 8.49. The Bertz CT molecular complexity index is 475. The van der Waals surface area contributed by atoms with Crippen molar-refractivity contribution < 1.29 is 31.8 Å². The summed E-state index contributed by atoms with van der Waals surface area (Å²) in [5.74, 6) is -1.88. The Morgan fingerprint density at radius 2 is 1.74 bits per heavy atom. The first kappa shape index (κ1) is 15.3. The number of carbonyl (C=O) groups is 1. The van der Waals surface area contributed by atoms with Gasteiger partial charge in [-0.15, -0.1) is 0 Å². The van der Waals surface area contributed by atoms with E-state index < -0.39 is 35.1 Å².